The van der Waals surface area contributed by atoms with Crippen molar-refractivity contribution in [2.75, 3.05) is 5.32 Å². The van der Waals surface area contributed by atoms with E-state index in [9.17, 15) is 10.1 Å². The molecule has 1 N–H and O–H groups in total. The summed E-state index contributed by atoms with van der Waals surface area (Å²) in [6.07, 6.45) is 7.80. The molecule has 6 nitrogen and oxygen atoms in total. The van der Waals surface area contributed by atoms with Gasteiger partial charge in [-0.1, -0.05) is 18.2 Å². The Morgan fingerprint density at radius 1 is 1.36 bits per heavy atom. The normalized spacial score (nSPS) is 17.5. The summed E-state index contributed by atoms with van der Waals surface area (Å²) < 4.78 is 2.13. The number of hydrogen-bond donors (Lipinski definition) is 1. The molecule has 28 heavy (non-hydrogen) atoms. The Morgan fingerprint density at radius 2 is 2.14 bits per heavy atom. The summed E-state index contributed by atoms with van der Waals surface area (Å²) >= 11 is 3.02. The van der Waals surface area contributed by atoms with Gasteiger partial charge in [0.15, 0.2) is 5.16 Å². The van der Waals surface area contributed by atoms with Gasteiger partial charge in [-0.05, 0) is 57.9 Å². The number of nitriles is 1. The van der Waals surface area contributed by atoms with Crippen molar-refractivity contribution in [1.29, 1.82) is 5.26 Å². The Labute approximate surface area is 173 Å². The van der Waals surface area contributed by atoms with Crippen molar-refractivity contribution in [3.63, 3.8) is 0 Å². The van der Waals surface area contributed by atoms with E-state index in [4.69, 9.17) is 0 Å². The second-order valence-corrected chi connectivity index (χ2v) is 9.90. The van der Waals surface area contributed by atoms with Crippen LogP contribution in [0.15, 0.2) is 5.16 Å². The van der Waals surface area contributed by atoms with E-state index in [-0.39, 0.29) is 11.2 Å². The molecule has 0 spiro atoms. The SMILES string of the molecule is CCn1c(SC(C)C(=O)Nc2sc3c(c2C#N)CCCCC3)nnc1C1CC1. The highest BCUT2D eigenvalue weighted by Gasteiger charge is 2.31. The number of anilines is 1. The number of thiophene rings is 1. The molecule has 2 heterocycles. The summed E-state index contributed by atoms with van der Waals surface area (Å²) in [5, 5.41) is 22.5. The zero-order valence-electron chi connectivity index (χ0n) is 16.3. The Morgan fingerprint density at radius 3 is 2.86 bits per heavy atom. The summed E-state index contributed by atoms with van der Waals surface area (Å²) in [5.41, 5.74) is 1.82. The molecule has 1 fully saturated rings. The van der Waals surface area contributed by atoms with E-state index in [1.54, 1.807) is 11.3 Å². The molecule has 1 atom stereocenters. The second kappa shape index (κ2) is 8.26. The number of rotatable bonds is 6. The van der Waals surface area contributed by atoms with Gasteiger partial charge in [0, 0.05) is 17.3 Å². The topological polar surface area (TPSA) is 83.6 Å². The smallest absolute Gasteiger partial charge is 0.238 e. The number of thioether (sulfide) groups is 1. The number of hydrogen-bond acceptors (Lipinski definition) is 6. The van der Waals surface area contributed by atoms with E-state index in [2.05, 4.69) is 33.1 Å². The predicted molar refractivity (Wildman–Crippen MR) is 112 cm³/mol. The molecular formula is C20H25N5OS2. The molecule has 8 heteroatoms. The fourth-order valence-corrected chi connectivity index (χ4v) is 5.86. The molecule has 2 aromatic rings. The third-order valence-electron chi connectivity index (χ3n) is 5.43. The molecule has 4 rings (SSSR count). The molecule has 1 saturated carbocycles. The number of carbonyl (C=O) groups excluding carboxylic acids is 1. The quantitative estimate of drug-likeness (QED) is 0.555. The average Bonchev–Trinajstić information content (AvgIpc) is 3.43. The fourth-order valence-electron chi connectivity index (χ4n) is 3.70. The maximum atomic E-state index is 12.8. The minimum Gasteiger partial charge on any atom is -0.316 e. The molecule has 2 aliphatic carbocycles. The van der Waals surface area contributed by atoms with Gasteiger partial charge in [0.25, 0.3) is 0 Å². The maximum absolute atomic E-state index is 12.8. The first kappa shape index (κ1) is 19.5. The first-order valence-corrected chi connectivity index (χ1v) is 11.8. The lowest BCUT2D eigenvalue weighted by Crippen LogP contribution is -2.23. The van der Waals surface area contributed by atoms with E-state index in [1.807, 2.05) is 6.92 Å². The van der Waals surface area contributed by atoms with Crippen LogP contribution in [0.4, 0.5) is 5.00 Å². The molecule has 1 amide bonds. The highest BCUT2D eigenvalue weighted by atomic mass is 32.2. The lowest BCUT2D eigenvalue weighted by atomic mass is 10.1. The third-order valence-corrected chi connectivity index (χ3v) is 7.71. The van der Waals surface area contributed by atoms with Crippen molar-refractivity contribution >= 4 is 34.0 Å². The van der Waals surface area contributed by atoms with E-state index in [1.165, 1.54) is 35.9 Å². The summed E-state index contributed by atoms with van der Waals surface area (Å²) in [6, 6.07) is 2.33. The predicted octanol–water partition coefficient (Wildman–Crippen LogP) is 4.50. The van der Waals surface area contributed by atoms with Gasteiger partial charge in [0.2, 0.25) is 5.91 Å². The van der Waals surface area contributed by atoms with Crippen LogP contribution in [0.5, 0.6) is 0 Å². The largest absolute Gasteiger partial charge is 0.316 e. The number of nitrogens with zero attached hydrogens (tertiary/aromatic N) is 4. The standard InChI is InChI=1S/C20H25N5OS2/c1-3-25-17(13-9-10-13)23-24-20(25)27-12(2)18(26)22-19-15(11-21)14-7-5-4-6-8-16(14)28-19/h12-13H,3-10H2,1-2H3,(H,22,26). The zero-order valence-corrected chi connectivity index (χ0v) is 18.0. The van der Waals surface area contributed by atoms with Gasteiger partial charge in [0.05, 0.1) is 10.8 Å². The van der Waals surface area contributed by atoms with Gasteiger partial charge >= 0.3 is 0 Å². The van der Waals surface area contributed by atoms with Gasteiger partial charge < -0.3 is 9.88 Å². The molecule has 2 aliphatic rings. The Hall–Kier alpha value is -1.85. The summed E-state index contributed by atoms with van der Waals surface area (Å²) in [4.78, 5) is 14.1. The third kappa shape index (κ3) is 3.83. The van der Waals surface area contributed by atoms with Gasteiger partial charge in [-0.2, -0.15) is 5.26 Å². The first-order chi connectivity index (χ1) is 13.6. The number of amides is 1. The van der Waals surface area contributed by atoms with Crippen LogP contribution in [0.2, 0.25) is 0 Å². The summed E-state index contributed by atoms with van der Waals surface area (Å²) in [6.45, 7) is 4.78. The number of aromatic nitrogens is 3. The molecule has 0 bridgehead atoms. The second-order valence-electron chi connectivity index (χ2n) is 7.49. The van der Waals surface area contributed by atoms with Crippen LogP contribution in [-0.2, 0) is 24.2 Å². The minimum atomic E-state index is -0.310. The van der Waals surface area contributed by atoms with Crippen LogP contribution in [0.1, 0.15) is 73.7 Å². The van der Waals surface area contributed by atoms with Gasteiger partial charge in [-0.25, -0.2) is 0 Å². The van der Waals surface area contributed by atoms with Crippen LogP contribution in [0.25, 0.3) is 0 Å². The average molecular weight is 416 g/mol. The van der Waals surface area contributed by atoms with Crippen molar-refractivity contribution in [2.24, 2.45) is 0 Å². The van der Waals surface area contributed by atoms with E-state index in [0.717, 1.165) is 48.8 Å². The highest BCUT2D eigenvalue weighted by Crippen LogP contribution is 2.41. The van der Waals surface area contributed by atoms with Crippen molar-refractivity contribution in [1.82, 2.24) is 14.8 Å². The number of nitrogens with one attached hydrogen (secondary N) is 1. The Balaban J connectivity index is 1.48. The highest BCUT2D eigenvalue weighted by molar-refractivity contribution is 8.00. The molecule has 0 aromatic carbocycles. The molecular weight excluding hydrogens is 390 g/mol. The van der Waals surface area contributed by atoms with Gasteiger partial charge in [-0.3, -0.25) is 4.79 Å². The van der Waals surface area contributed by atoms with E-state index >= 15 is 0 Å². The fraction of sp³-hybridized carbons (Fsp3) is 0.600. The van der Waals surface area contributed by atoms with Crippen molar-refractivity contribution < 1.29 is 4.79 Å². The molecule has 0 saturated heterocycles. The monoisotopic (exact) mass is 415 g/mol. The Bertz CT molecular complexity index is 922. The number of fused-ring (bicyclic) bond motifs is 1. The van der Waals surface area contributed by atoms with E-state index < -0.39 is 0 Å². The number of aryl methyl sites for hydroxylation is 1. The molecule has 0 radical (unpaired) electrons. The van der Waals surface area contributed by atoms with Crippen molar-refractivity contribution in [3.8, 4) is 6.07 Å². The summed E-state index contributed by atoms with van der Waals surface area (Å²) in [7, 11) is 0. The lowest BCUT2D eigenvalue weighted by Gasteiger charge is -2.12. The molecule has 0 aliphatic heterocycles. The first-order valence-electron chi connectivity index (χ1n) is 10.1. The zero-order chi connectivity index (χ0) is 19.7. The van der Waals surface area contributed by atoms with Crippen LogP contribution in [-0.4, -0.2) is 25.9 Å². The van der Waals surface area contributed by atoms with Crippen LogP contribution >= 0.6 is 23.1 Å². The molecule has 2 aromatic heterocycles. The van der Waals surface area contributed by atoms with Crippen molar-refractivity contribution in [2.45, 2.75) is 81.7 Å². The number of carbonyl (C=O) groups is 1. The van der Waals surface area contributed by atoms with Crippen LogP contribution < -0.4 is 5.32 Å². The minimum absolute atomic E-state index is 0.0865. The lowest BCUT2D eigenvalue weighted by molar-refractivity contribution is -0.115. The van der Waals surface area contributed by atoms with Crippen molar-refractivity contribution in [3.05, 3.63) is 21.8 Å². The van der Waals surface area contributed by atoms with Gasteiger partial charge in [0.1, 0.15) is 16.9 Å². The van der Waals surface area contributed by atoms with Crippen LogP contribution in [0, 0.1) is 11.3 Å². The summed E-state index contributed by atoms with van der Waals surface area (Å²) in [5.74, 6) is 1.49. The molecule has 1 unspecified atom stereocenters. The maximum Gasteiger partial charge on any atom is 0.238 e. The van der Waals surface area contributed by atoms with Gasteiger partial charge in [-0.15, -0.1) is 21.5 Å². The Kier molecular flexibility index (Phi) is 5.74. The molecule has 148 valence electrons. The van der Waals surface area contributed by atoms with Crippen LogP contribution in [0.3, 0.4) is 0 Å². The van der Waals surface area contributed by atoms with E-state index in [0.29, 0.717) is 16.5 Å².